The third kappa shape index (κ3) is 1.78. The van der Waals surface area contributed by atoms with Gasteiger partial charge in [-0.2, -0.15) is 0 Å². The number of hydrogen-bond donors (Lipinski definition) is 2. The molecule has 4 aliphatic carbocycles. The minimum absolute atomic E-state index is 0.0323. The zero-order valence-corrected chi connectivity index (χ0v) is 13.9. The summed E-state index contributed by atoms with van der Waals surface area (Å²) in [7, 11) is 0. The van der Waals surface area contributed by atoms with Crippen molar-refractivity contribution >= 4 is 5.78 Å². The molecule has 4 fully saturated rings. The van der Waals surface area contributed by atoms with Crippen molar-refractivity contribution in [2.75, 3.05) is 0 Å². The van der Waals surface area contributed by atoms with Gasteiger partial charge in [-0.05, 0) is 55.3 Å². The Labute approximate surface area is 133 Å². The van der Waals surface area contributed by atoms with Crippen molar-refractivity contribution in [2.24, 2.45) is 34.5 Å². The molecule has 0 radical (unpaired) electrons. The Balaban J connectivity index is 1.76. The maximum absolute atomic E-state index is 13.1. The van der Waals surface area contributed by atoms with Crippen molar-refractivity contribution in [3.63, 3.8) is 0 Å². The van der Waals surface area contributed by atoms with E-state index >= 15 is 0 Å². The van der Waals surface area contributed by atoms with E-state index in [0.717, 1.165) is 25.7 Å². The van der Waals surface area contributed by atoms with Gasteiger partial charge >= 0.3 is 0 Å². The first-order valence-corrected chi connectivity index (χ1v) is 9.27. The molecule has 0 aliphatic heterocycles. The molecule has 0 bridgehead atoms. The quantitative estimate of drug-likeness (QED) is 0.723. The number of aliphatic hydroxyl groups is 2. The highest BCUT2D eigenvalue weighted by atomic mass is 16.3. The Hall–Kier alpha value is -0.410. The number of carbonyl (C=O) groups is 1. The summed E-state index contributed by atoms with van der Waals surface area (Å²) in [5.74, 6) is 1.28. The highest BCUT2D eigenvalue weighted by Gasteiger charge is 2.64. The smallest absolute Gasteiger partial charge is 0.137 e. The van der Waals surface area contributed by atoms with Gasteiger partial charge in [0.15, 0.2) is 0 Å². The van der Waals surface area contributed by atoms with Crippen LogP contribution in [0, 0.1) is 34.5 Å². The fourth-order valence-electron chi connectivity index (χ4n) is 7.03. The molecule has 0 aromatic carbocycles. The predicted molar refractivity (Wildman–Crippen MR) is 84.1 cm³/mol. The van der Waals surface area contributed by atoms with E-state index in [4.69, 9.17) is 0 Å². The van der Waals surface area contributed by atoms with E-state index in [0.29, 0.717) is 24.0 Å². The van der Waals surface area contributed by atoms with Gasteiger partial charge < -0.3 is 10.2 Å². The van der Waals surface area contributed by atoms with Crippen molar-refractivity contribution in [1.29, 1.82) is 0 Å². The van der Waals surface area contributed by atoms with E-state index in [1.165, 1.54) is 19.3 Å². The molecular formula is C19H30O3. The van der Waals surface area contributed by atoms with Crippen molar-refractivity contribution in [2.45, 2.75) is 77.4 Å². The van der Waals surface area contributed by atoms with E-state index in [1.54, 1.807) is 0 Å². The molecule has 0 aromatic rings. The van der Waals surface area contributed by atoms with Gasteiger partial charge in [-0.25, -0.2) is 0 Å². The third-order valence-corrected chi connectivity index (χ3v) is 8.24. The number of ketones is 1. The van der Waals surface area contributed by atoms with Crippen LogP contribution in [0.3, 0.4) is 0 Å². The van der Waals surface area contributed by atoms with Crippen LogP contribution < -0.4 is 0 Å². The van der Waals surface area contributed by atoms with Crippen LogP contribution >= 0.6 is 0 Å². The fourth-order valence-corrected chi connectivity index (χ4v) is 7.03. The molecule has 8 unspecified atom stereocenters. The Morgan fingerprint density at radius 2 is 1.82 bits per heavy atom. The average Bonchev–Trinajstić information content (AvgIpc) is 2.75. The topological polar surface area (TPSA) is 57.5 Å². The highest BCUT2D eigenvalue weighted by Crippen LogP contribution is 2.65. The van der Waals surface area contributed by atoms with Crippen molar-refractivity contribution in [3.8, 4) is 0 Å². The lowest BCUT2D eigenvalue weighted by Gasteiger charge is -2.60. The van der Waals surface area contributed by atoms with Crippen LogP contribution in [0.5, 0.6) is 0 Å². The van der Waals surface area contributed by atoms with Crippen LogP contribution in [0.25, 0.3) is 0 Å². The van der Waals surface area contributed by atoms with Crippen molar-refractivity contribution < 1.29 is 15.0 Å². The molecule has 3 heteroatoms. The van der Waals surface area contributed by atoms with Gasteiger partial charge in [0.25, 0.3) is 0 Å². The first-order chi connectivity index (χ1) is 10.4. The molecule has 22 heavy (non-hydrogen) atoms. The Morgan fingerprint density at radius 3 is 2.59 bits per heavy atom. The third-order valence-electron chi connectivity index (χ3n) is 8.24. The van der Waals surface area contributed by atoms with Crippen LogP contribution in [0.2, 0.25) is 0 Å². The Morgan fingerprint density at radius 1 is 1.05 bits per heavy atom. The van der Waals surface area contributed by atoms with Crippen molar-refractivity contribution in [1.82, 2.24) is 0 Å². The van der Waals surface area contributed by atoms with Gasteiger partial charge in [-0.15, -0.1) is 0 Å². The molecule has 2 N–H and O–H groups in total. The van der Waals surface area contributed by atoms with E-state index in [1.807, 2.05) is 0 Å². The second-order valence-electron chi connectivity index (χ2n) is 9.16. The summed E-state index contributed by atoms with van der Waals surface area (Å²) in [6.45, 7) is 4.41. The summed E-state index contributed by atoms with van der Waals surface area (Å²) in [6, 6.07) is 0. The van der Waals surface area contributed by atoms with Crippen LogP contribution in [-0.4, -0.2) is 28.2 Å². The summed E-state index contributed by atoms with van der Waals surface area (Å²) >= 11 is 0. The molecule has 8 atom stereocenters. The minimum Gasteiger partial charge on any atom is -0.393 e. The van der Waals surface area contributed by atoms with Crippen LogP contribution in [0.1, 0.15) is 65.2 Å². The second-order valence-corrected chi connectivity index (χ2v) is 9.16. The number of aliphatic hydroxyl groups excluding tert-OH is 2. The molecule has 0 aromatic heterocycles. The number of rotatable bonds is 0. The largest absolute Gasteiger partial charge is 0.393 e. The number of hydrogen-bond acceptors (Lipinski definition) is 3. The molecule has 4 rings (SSSR count). The molecule has 0 saturated heterocycles. The second kappa shape index (κ2) is 4.80. The van der Waals surface area contributed by atoms with Gasteiger partial charge in [0, 0.05) is 17.8 Å². The lowest BCUT2D eigenvalue weighted by molar-refractivity contribution is -0.179. The molecule has 4 saturated carbocycles. The Kier molecular flexibility index (Phi) is 3.30. The van der Waals surface area contributed by atoms with Crippen LogP contribution in [-0.2, 0) is 4.79 Å². The van der Waals surface area contributed by atoms with Crippen LogP contribution in [0.4, 0.5) is 0 Å². The standard InChI is InChI=1S/C19H30O3/c1-18-8-4-3-5-11(18)9-13(20)16-12-6-7-15(22)19(12,2)10-14(21)17(16)18/h11-13,15-17,20,22H,3-10H2,1-2H3. The predicted octanol–water partition coefficient (Wildman–Crippen LogP) is 2.93. The normalized spacial score (nSPS) is 57.9. The zero-order valence-electron chi connectivity index (χ0n) is 13.9. The maximum atomic E-state index is 13.1. The van der Waals surface area contributed by atoms with E-state index in [2.05, 4.69) is 13.8 Å². The molecule has 124 valence electrons. The van der Waals surface area contributed by atoms with E-state index in [9.17, 15) is 15.0 Å². The highest BCUT2D eigenvalue weighted by molar-refractivity contribution is 5.84. The number of fused-ring (bicyclic) bond motifs is 5. The summed E-state index contributed by atoms with van der Waals surface area (Å²) in [4.78, 5) is 13.1. The van der Waals surface area contributed by atoms with Gasteiger partial charge in [0.2, 0.25) is 0 Å². The van der Waals surface area contributed by atoms with Crippen LogP contribution in [0.15, 0.2) is 0 Å². The zero-order chi connectivity index (χ0) is 15.7. The van der Waals surface area contributed by atoms with E-state index < -0.39 is 0 Å². The Bertz CT molecular complexity index is 489. The fraction of sp³-hybridized carbons (Fsp3) is 0.947. The summed E-state index contributed by atoms with van der Waals surface area (Å²) in [5.41, 5.74) is -0.203. The number of carbonyl (C=O) groups excluding carboxylic acids is 1. The van der Waals surface area contributed by atoms with Gasteiger partial charge in [-0.3, -0.25) is 4.79 Å². The average molecular weight is 306 g/mol. The molecular weight excluding hydrogens is 276 g/mol. The lowest BCUT2D eigenvalue weighted by Crippen LogP contribution is -2.61. The molecule has 4 aliphatic rings. The summed E-state index contributed by atoms with van der Waals surface area (Å²) in [6.07, 6.45) is 7.24. The lowest BCUT2D eigenvalue weighted by atomic mass is 9.44. The van der Waals surface area contributed by atoms with E-state index in [-0.39, 0.29) is 34.9 Å². The van der Waals surface area contributed by atoms with Crippen molar-refractivity contribution in [3.05, 3.63) is 0 Å². The van der Waals surface area contributed by atoms with Gasteiger partial charge in [0.1, 0.15) is 5.78 Å². The monoisotopic (exact) mass is 306 g/mol. The summed E-state index contributed by atoms with van der Waals surface area (Å²) in [5, 5.41) is 21.3. The maximum Gasteiger partial charge on any atom is 0.137 e. The first kappa shape index (κ1) is 15.1. The first-order valence-electron chi connectivity index (χ1n) is 9.27. The molecule has 0 amide bonds. The minimum atomic E-state index is -0.369. The SMILES string of the molecule is CC12CC(=O)C3C(C(O)CC4CCCCC43C)C1CCC2O. The molecule has 0 heterocycles. The number of Topliss-reactive ketones (excluding diaryl/α,β-unsaturated/α-hetero) is 1. The molecule has 3 nitrogen and oxygen atoms in total. The van der Waals surface area contributed by atoms with Gasteiger partial charge in [-0.1, -0.05) is 26.7 Å². The van der Waals surface area contributed by atoms with Gasteiger partial charge in [0.05, 0.1) is 12.2 Å². The molecule has 0 spiro atoms. The summed E-state index contributed by atoms with van der Waals surface area (Å²) < 4.78 is 0.